The van der Waals surface area contributed by atoms with Crippen molar-refractivity contribution >= 4 is 11.9 Å². The van der Waals surface area contributed by atoms with Crippen LogP contribution in [0, 0.1) is 0 Å². The van der Waals surface area contributed by atoms with Gasteiger partial charge in [0.2, 0.25) is 5.91 Å². The first kappa shape index (κ1) is 29.3. The molecule has 0 fully saturated rings. The number of nitrogens with zero attached hydrogens (tertiary/aromatic N) is 2. The predicted molar refractivity (Wildman–Crippen MR) is 158 cm³/mol. The van der Waals surface area contributed by atoms with Crippen molar-refractivity contribution in [2.45, 2.75) is 45.3 Å². The zero-order valence-electron chi connectivity index (χ0n) is 23.2. The molecule has 7 nitrogen and oxygen atoms in total. The van der Waals surface area contributed by atoms with Crippen LogP contribution in [0.2, 0.25) is 0 Å². The van der Waals surface area contributed by atoms with Crippen LogP contribution in [-0.4, -0.2) is 40.0 Å². The van der Waals surface area contributed by atoms with E-state index in [2.05, 4.69) is 17.1 Å². The molecule has 0 radical (unpaired) electrons. The summed E-state index contributed by atoms with van der Waals surface area (Å²) in [7, 11) is 0. The molecule has 4 aromatic rings. The van der Waals surface area contributed by atoms with Gasteiger partial charge >= 0.3 is 5.97 Å². The lowest BCUT2D eigenvalue weighted by atomic mass is 10.1. The van der Waals surface area contributed by atoms with Crippen LogP contribution in [-0.2, 0) is 35.6 Å². The quantitative estimate of drug-likeness (QED) is 0.169. The lowest BCUT2D eigenvalue weighted by molar-refractivity contribution is -0.139. The zero-order valence-corrected chi connectivity index (χ0v) is 23.2. The fourth-order valence-corrected chi connectivity index (χ4v) is 4.47. The molecule has 0 aliphatic rings. The summed E-state index contributed by atoms with van der Waals surface area (Å²) in [5.41, 5.74) is 4.01. The minimum Gasteiger partial charge on any atom is -0.485 e. The maximum atomic E-state index is 13.4. The van der Waals surface area contributed by atoms with Gasteiger partial charge in [-0.25, -0.2) is 4.79 Å². The fraction of sp³-hybridized carbons (Fsp3) is 0.265. The van der Waals surface area contributed by atoms with E-state index >= 15 is 0 Å². The van der Waals surface area contributed by atoms with Gasteiger partial charge in [-0.15, -0.1) is 0 Å². The van der Waals surface area contributed by atoms with Gasteiger partial charge in [-0.2, -0.15) is 0 Å². The first-order valence-electron chi connectivity index (χ1n) is 13.9. The summed E-state index contributed by atoms with van der Waals surface area (Å²) in [4.78, 5) is 30.9. The van der Waals surface area contributed by atoms with E-state index in [4.69, 9.17) is 9.47 Å². The lowest BCUT2D eigenvalue weighted by Gasteiger charge is -2.24. The summed E-state index contributed by atoms with van der Waals surface area (Å²) >= 11 is 0. The largest absolute Gasteiger partial charge is 0.485 e. The van der Waals surface area contributed by atoms with Crippen LogP contribution in [0.3, 0.4) is 0 Å². The molecule has 0 atom stereocenters. The van der Waals surface area contributed by atoms with E-state index in [1.54, 1.807) is 18.3 Å². The molecule has 0 saturated heterocycles. The Morgan fingerprint density at radius 1 is 0.732 bits per heavy atom. The van der Waals surface area contributed by atoms with Crippen LogP contribution in [0.4, 0.5) is 0 Å². The Labute approximate surface area is 241 Å². The lowest BCUT2D eigenvalue weighted by Crippen LogP contribution is -2.32. The van der Waals surface area contributed by atoms with Crippen molar-refractivity contribution in [2.75, 3.05) is 13.2 Å². The number of benzene rings is 3. The third-order valence-electron chi connectivity index (χ3n) is 6.64. The first-order chi connectivity index (χ1) is 20.1. The highest BCUT2D eigenvalue weighted by molar-refractivity contribution is 5.76. The second-order valence-corrected chi connectivity index (χ2v) is 9.82. The van der Waals surface area contributed by atoms with Crippen LogP contribution in [0.25, 0.3) is 0 Å². The second kappa shape index (κ2) is 15.8. The number of pyridine rings is 1. The molecule has 212 valence electrons. The minimum absolute atomic E-state index is 0.0754. The highest BCUT2D eigenvalue weighted by Crippen LogP contribution is 2.30. The number of carboxylic acid groups (broad SMARTS) is 1. The molecular formula is C34H36N2O5. The monoisotopic (exact) mass is 552 g/mol. The number of aliphatic carboxylic acids is 1. The van der Waals surface area contributed by atoms with Gasteiger partial charge in [0, 0.05) is 37.8 Å². The molecule has 1 heterocycles. The minimum atomic E-state index is -1.08. The number of carbonyl (C=O) groups is 2. The number of aromatic nitrogens is 1. The Morgan fingerprint density at radius 3 is 2.17 bits per heavy atom. The van der Waals surface area contributed by atoms with Gasteiger partial charge < -0.3 is 19.5 Å². The van der Waals surface area contributed by atoms with Gasteiger partial charge in [-0.3, -0.25) is 9.78 Å². The van der Waals surface area contributed by atoms with E-state index in [0.29, 0.717) is 44.0 Å². The molecule has 1 amide bonds. The molecule has 0 saturated carbocycles. The maximum Gasteiger partial charge on any atom is 0.341 e. The Kier molecular flexibility index (Phi) is 11.3. The van der Waals surface area contributed by atoms with Crippen molar-refractivity contribution in [1.82, 2.24) is 9.88 Å². The predicted octanol–water partition coefficient (Wildman–Crippen LogP) is 6.11. The molecule has 0 aliphatic heterocycles. The maximum absolute atomic E-state index is 13.4. The highest BCUT2D eigenvalue weighted by Gasteiger charge is 2.17. The molecule has 4 rings (SSSR count). The molecule has 0 aliphatic carbocycles. The third-order valence-corrected chi connectivity index (χ3v) is 6.64. The summed E-state index contributed by atoms with van der Waals surface area (Å²) < 4.78 is 11.5. The van der Waals surface area contributed by atoms with E-state index in [-0.39, 0.29) is 5.91 Å². The standard InChI is InChI=1S/C34H36N2O5/c37-33(17-8-7-13-27-11-3-1-4-12-27)36(22-20-30-16-9-10-21-35-30)24-29-18-19-31(32(23-29)41-26-34(38)39)40-25-28-14-5-2-6-15-28/h1-6,9-12,14-16,18-19,21,23H,7-8,13,17,20,22,24-26H2,(H,38,39). The molecule has 41 heavy (non-hydrogen) atoms. The molecular weight excluding hydrogens is 516 g/mol. The van der Waals surface area contributed by atoms with Gasteiger partial charge in [0.25, 0.3) is 0 Å². The van der Waals surface area contributed by atoms with Crippen molar-refractivity contribution in [3.63, 3.8) is 0 Å². The topological polar surface area (TPSA) is 89.0 Å². The van der Waals surface area contributed by atoms with E-state index < -0.39 is 12.6 Å². The number of amides is 1. The highest BCUT2D eigenvalue weighted by atomic mass is 16.5. The summed E-state index contributed by atoms with van der Waals surface area (Å²) in [6, 6.07) is 31.2. The first-order valence-corrected chi connectivity index (χ1v) is 13.9. The van der Waals surface area contributed by atoms with Crippen LogP contribution in [0.5, 0.6) is 11.5 Å². The Bertz CT molecular complexity index is 1360. The van der Waals surface area contributed by atoms with Crippen LogP contribution >= 0.6 is 0 Å². The number of unbranched alkanes of at least 4 members (excludes halogenated alkanes) is 1. The van der Waals surface area contributed by atoms with Crippen LogP contribution in [0.1, 0.15) is 41.6 Å². The Hall–Kier alpha value is -4.65. The van der Waals surface area contributed by atoms with E-state index in [1.165, 1.54) is 5.56 Å². The zero-order chi connectivity index (χ0) is 28.7. The summed E-state index contributed by atoms with van der Waals surface area (Å²) in [5.74, 6) is -0.217. The van der Waals surface area contributed by atoms with E-state index in [1.807, 2.05) is 77.7 Å². The van der Waals surface area contributed by atoms with Crippen molar-refractivity contribution in [3.05, 3.63) is 126 Å². The summed E-state index contributed by atoms with van der Waals surface area (Å²) in [5, 5.41) is 9.19. The van der Waals surface area contributed by atoms with Gasteiger partial charge in [0.1, 0.15) is 6.61 Å². The molecule has 1 N–H and O–H groups in total. The number of ether oxygens (including phenoxy) is 2. The Morgan fingerprint density at radius 2 is 1.46 bits per heavy atom. The molecule has 0 spiro atoms. The smallest absolute Gasteiger partial charge is 0.341 e. The number of carboxylic acids is 1. The fourth-order valence-electron chi connectivity index (χ4n) is 4.47. The number of hydrogen-bond donors (Lipinski definition) is 1. The number of carbonyl (C=O) groups excluding carboxylic acids is 1. The van der Waals surface area contributed by atoms with Crippen LogP contribution < -0.4 is 9.47 Å². The Balaban J connectivity index is 1.44. The van der Waals surface area contributed by atoms with Crippen molar-refractivity contribution < 1.29 is 24.2 Å². The van der Waals surface area contributed by atoms with E-state index in [0.717, 1.165) is 36.1 Å². The normalized spacial score (nSPS) is 10.6. The third kappa shape index (κ3) is 10.1. The number of hydrogen-bond acceptors (Lipinski definition) is 5. The number of aryl methyl sites for hydroxylation is 1. The summed E-state index contributed by atoms with van der Waals surface area (Å²) in [6.45, 7) is 0.717. The van der Waals surface area contributed by atoms with Gasteiger partial charge in [-0.05, 0) is 60.2 Å². The second-order valence-electron chi connectivity index (χ2n) is 9.82. The van der Waals surface area contributed by atoms with Crippen molar-refractivity contribution in [3.8, 4) is 11.5 Å². The van der Waals surface area contributed by atoms with Crippen molar-refractivity contribution in [1.29, 1.82) is 0 Å². The van der Waals surface area contributed by atoms with Crippen molar-refractivity contribution in [2.24, 2.45) is 0 Å². The molecule has 3 aromatic carbocycles. The average Bonchev–Trinajstić information content (AvgIpc) is 3.01. The molecule has 0 unspecified atom stereocenters. The van der Waals surface area contributed by atoms with Gasteiger partial charge in [0.05, 0.1) is 0 Å². The molecule has 1 aromatic heterocycles. The average molecular weight is 553 g/mol. The summed E-state index contributed by atoms with van der Waals surface area (Å²) in [6.07, 6.45) is 5.52. The van der Waals surface area contributed by atoms with Gasteiger partial charge in [0.15, 0.2) is 18.1 Å². The SMILES string of the molecule is O=C(O)COc1cc(CN(CCc2ccccn2)C(=O)CCCCc2ccccc2)ccc1OCc1ccccc1. The van der Waals surface area contributed by atoms with Gasteiger partial charge in [-0.1, -0.05) is 72.8 Å². The van der Waals surface area contributed by atoms with Crippen LogP contribution in [0.15, 0.2) is 103 Å². The number of rotatable bonds is 16. The molecule has 7 heteroatoms. The molecule has 0 bridgehead atoms. The van der Waals surface area contributed by atoms with E-state index in [9.17, 15) is 14.7 Å².